The topological polar surface area (TPSA) is 120 Å². The Hall–Kier alpha value is -2.12. The molecule has 0 aliphatic carbocycles. The van der Waals surface area contributed by atoms with E-state index in [2.05, 4.69) is 6.92 Å². The number of halogens is 2. The fourth-order valence-corrected chi connectivity index (χ4v) is 7.85. The number of sulfonamides is 1. The first-order chi connectivity index (χ1) is 20.3. The molecule has 2 aromatic carbocycles. The fourth-order valence-electron chi connectivity index (χ4n) is 5.82. The summed E-state index contributed by atoms with van der Waals surface area (Å²) < 4.78 is 60.6. The molecule has 0 bridgehead atoms. The number of carbonyl (C=O) groups is 1. The maximum absolute atomic E-state index is 14.6. The molecule has 0 saturated carbocycles. The van der Waals surface area contributed by atoms with Crippen LogP contribution in [0.3, 0.4) is 0 Å². The van der Waals surface area contributed by atoms with E-state index in [0.717, 1.165) is 12.8 Å². The van der Waals surface area contributed by atoms with Gasteiger partial charge in [-0.15, -0.1) is 0 Å². The molecule has 12 heteroatoms. The van der Waals surface area contributed by atoms with Crippen LogP contribution < -0.4 is 0 Å². The summed E-state index contributed by atoms with van der Waals surface area (Å²) in [6.07, 6.45) is -1.47. The molecule has 44 heavy (non-hydrogen) atoms. The molecule has 1 aromatic heterocycles. The van der Waals surface area contributed by atoms with Crippen LogP contribution in [0.1, 0.15) is 64.5 Å². The van der Waals surface area contributed by atoms with E-state index in [9.17, 15) is 32.2 Å². The zero-order chi connectivity index (χ0) is 31.5. The maximum atomic E-state index is 14.6. The number of piperidine rings is 1. The van der Waals surface area contributed by atoms with E-state index < -0.39 is 46.3 Å². The SMILES string of the molecule is CC1CCN(S(=O)(=O)c2c(-c3ccc(F)cc3)c(-c3ccc(F)cc3)n(CC[C@@H](O)C[C@@H](O)CC(=O)O)c2C(C)C)CC1.[NaH]. The third-order valence-electron chi connectivity index (χ3n) is 8.04. The molecule has 2 atom stereocenters. The molecule has 236 valence electrons. The van der Waals surface area contributed by atoms with Gasteiger partial charge in [-0.3, -0.25) is 4.79 Å². The van der Waals surface area contributed by atoms with Gasteiger partial charge in [0.05, 0.1) is 24.3 Å². The first-order valence-corrected chi connectivity index (χ1v) is 16.1. The standard InChI is InChI=1S/C32H40F2N2O6S.Na.H/c1-20(2)30-32(43(41,42)35-15-12-21(3)13-16-35)29(22-4-8-24(33)9-5-22)31(23-6-10-25(34)11-7-23)36(30)17-14-26(37)18-27(38)19-28(39)40;;/h4-11,20-21,26-27,37-38H,12-19H2,1-3H3,(H,39,40);;/t26-,27-;;/m1../s1. The summed E-state index contributed by atoms with van der Waals surface area (Å²) in [4.78, 5) is 11.1. The first-order valence-electron chi connectivity index (χ1n) is 14.7. The van der Waals surface area contributed by atoms with Gasteiger partial charge in [-0.2, -0.15) is 4.31 Å². The van der Waals surface area contributed by atoms with Crippen LogP contribution >= 0.6 is 0 Å². The first kappa shape index (κ1) is 36.3. The molecule has 0 radical (unpaired) electrons. The van der Waals surface area contributed by atoms with Crippen molar-refractivity contribution in [2.75, 3.05) is 13.1 Å². The van der Waals surface area contributed by atoms with Gasteiger partial charge in [-0.1, -0.05) is 32.9 Å². The van der Waals surface area contributed by atoms with Gasteiger partial charge < -0.3 is 19.9 Å². The van der Waals surface area contributed by atoms with Crippen LogP contribution in [0.25, 0.3) is 22.4 Å². The number of nitrogens with zero attached hydrogens (tertiary/aromatic N) is 2. The molecule has 1 aliphatic heterocycles. The molecule has 8 nitrogen and oxygen atoms in total. The van der Waals surface area contributed by atoms with Gasteiger partial charge in [-0.05, 0) is 85.0 Å². The average molecular weight is 643 g/mol. The number of aromatic nitrogens is 1. The van der Waals surface area contributed by atoms with E-state index >= 15 is 0 Å². The van der Waals surface area contributed by atoms with Gasteiger partial charge >= 0.3 is 35.5 Å². The molecule has 4 rings (SSSR count). The molecule has 0 amide bonds. The van der Waals surface area contributed by atoms with Gasteiger partial charge in [0.15, 0.2) is 0 Å². The second-order valence-corrected chi connectivity index (χ2v) is 13.6. The van der Waals surface area contributed by atoms with Crippen LogP contribution in [0.4, 0.5) is 8.78 Å². The van der Waals surface area contributed by atoms with Crippen LogP contribution in [-0.2, 0) is 21.4 Å². The monoisotopic (exact) mass is 642 g/mol. The number of hydrogen-bond acceptors (Lipinski definition) is 5. The van der Waals surface area contributed by atoms with Crippen LogP contribution in [0.2, 0.25) is 0 Å². The normalized spacial score (nSPS) is 16.1. The summed E-state index contributed by atoms with van der Waals surface area (Å²) in [5.41, 5.74) is 2.36. The number of benzene rings is 2. The minimum absolute atomic E-state index is 0. The summed E-state index contributed by atoms with van der Waals surface area (Å²) in [7, 11) is -4.06. The van der Waals surface area contributed by atoms with Crippen molar-refractivity contribution in [1.82, 2.24) is 8.87 Å². The molecular weight excluding hydrogens is 601 g/mol. The summed E-state index contributed by atoms with van der Waals surface area (Å²) in [5.74, 6) is -2.04. The summed E-state index contributed by atoms with van der Waals surface area (Å²) in [6.45, 7) is 6.69. The van der Waals surface area contributed by atoms with Gasteiger partial charge in [0, 0.05) is 30.9 Å². The molecule has 3 aromatic rings. The molecule has 2 heterocycles. The quantitative estimate of drug-likeness (QED) is 0.240. The van der Waals surface area contributed by atoms with Crippen LogP contribution in [-0.4, -0.2) is 93.4 Å². The van der Waals surface area contributed by atoms with E-state index in [1.54, 1.807) is 12.1 Å². The van der Waals surface area contributed by atoms with Crippen molar-refractivity contribution in [3.8, 4) is 22.4 Å². The summed E-state index contributed by atoms with van der Waals surface area (Å²) in [6, 6.07) is 11.3. The van der Waals surface area contributed by atoms with E-state index in [-0.39, 0.29) is 59.8 Å². The van der Waals surface area contributed by atoms with Crippen molar-refractivity contribution in [2.45, 2.75) is 82.4 Å². The molecule has 3 N–H and O–H groups in total. The van der Waals surface area contributed by atoms with Gasteiger partial charge in [0.25, 0.3) is 0 Å². The van der Waals surface area contributed by atoms with Crippen molar-refractivity contribution >= 4 is 45.5 Å². The number of aliphatic carboxylic acids is 1. The molecular formula is C32H41F2N2NaO6S. The second-order valence-electron chi connectivity index (χ2n) is 11.8. The summed E-state index contributed by atoms with van der Waals surface area (Å²) >= 11 is 0. The Bertz CT molecular complexity index is 1520. The Morgan fingerprint density at radius 1 is 0.932 bits per heavy atom. The predicted octanol–water partition coefficient (Wildman–Crippen LogP) is 4.97. The molecule has 0 unspecified atom stereocenters. The third kappa shape index (κ3) is 8.37. The predicted molar refractivity (Wildman–Crippen MR) is 167 cm³/mol. The van der Waals surface area contributed by atoms with Crippen molar-refractivity contribution in [2.24, 2.45) is 5.92 Å². The van der Waals surface area contributed by atoms with E-state index in [4.69, 9.17) is 5.11 Å². The molecule has 0 spiro atoms. The van der Waals surface area contributed by atoms with E-state index in [1.807, 2.05) is 18.4 Å². The molecule has 1 aliphatic rings. The van der Waals surface area contributed by atoms with Crippen LogP contribution in [0, 0.1) is 17.6 Å². The Labute approximate surface area is 280 Å². The Kier molecular flexibility index (Phi) is 12.8. The summed E-state index contributed by atoms with van der Waals surface area (Å²) in [5, 5.41) is 29.8. The Morgan fingerprint density at radius 3 is 1.95 bits per heavy atom. The van der Waals surface area contributed by atoms with Crippen LogP contribution in [0.5, 0.6) is 0 Å². The number of aliphatic hydroxyl groups excluding tert-OH is 2. The van der Waals surface area contributed by atoms with Crippen molar-refractivity contribution in [1.29, 1.82) is 0 Å². The fraction of sp³-hybridized carbons (Fsp3) is 0.469. The molecule has 1 saturated heterocycles. The number of hydrogen-bond donors (Lipinski definition) is 3. The number of aliphatic hydroxyl groups is 2. The zero-order valence-electron chi connectivity index (χ0n) is 24.7. The van der Waals surface area contributed by atoms with Crippen molar-refractivity contribution in [3.05, 3.63) is 65.9 Å². The zero-order valence-corrected chi connectivity index (χ0v) is 25.5. The molecule has 1 fully saturated rings. The average Bonchev–Trinajstić information content (AvgIpc) is 3.29. The minimum atomic E-state index is -4.06. The van der Waals surface area contributed by atoms with Gasteiger partial charge in [0.2, 0.25) is 10.0 Å². The number of carboxylic acids is 1. The number of carboxylic acid groups (broad SMARTS) is 1. The number of rotatable bonds is 12. The van der Waals surface area contributed by atoms with Crippen molar-refractivity contribution < 1.29 is 37.3 Å². The Balaban J connectivity index is 0.00000529. The van der Waals surface area contributed by atoms with E-state index in [0.29, 0.717) is 47.1 Å². The third-order valence-corrected chi connectivity index (χ3v) is 10.0. The van der Waals surface area contributed by atoms with Crippen molar-refractivity contribution in [3.63, 3.8) is 0 Å². The van der Waals surface area contributed by atoms with Gasteiger partial charge in [-0.25, -0.2) is 17.2 Å². The van der Waals surface area contributed by atoms with Gasteiger partial charge in [0.1, 0.15) is 16.5 Å². The van der Waals surface area contributed by atoms with E-state index in [1.165, 1.54) is 40.7 Å². The van der Waals surface area contributed by atoms with Crippen LogP contribution in [0.15, 0.2) is 53.4 Å². The Morgan fingerprint density at radius 2 is 1.45 bits per heavy atom. The second kappa shape index (κ2) is 15.4.